The molecule has 2 aromatic rings. The highest BCUT2D eigenvalue weighted by Crippen LogP contribution is 2.18. The maximum atomic E-state index is 11.2. The van der Waals surface area contributed by atoms with Crippen LogP contribution in [-0.4, -0.2) is 187 Å². The van der Waals surface area contributed by atoms with E-state index < -0.39 is 0 Å². The number of amides is 6. The minimum absolute atomic E-state index is 0. The van der Waals surface area contributed by atoms with E-state index in [4.69, 9.17) is 4.74 Å². The van der Waals surface area contributed by atoms with Crippen LogP contribution in [0.15, 0.2) is 54.9 Å². The molecule has 6 rings (SSSR count). The Hall–Kier alpha value is -5.17. The molecular weight excluding hydrogens is 975 g/mol. The number of rotatable bonds is 17. The van der Waals surface area contributed by atoms with Crippen LogP contribution < -0.4 is 36.6 Å². The van der Waals surface area contributed by atoms with Crippen molar-refractivity contribution >= 4 is 35.4 Å². The lowest BCUT2D eigenvalue weighted by atomic mass is 9.96. The number of aromatic nitrogens is 1. The number of piperidine rings is 2. The van der Waals surface area contributed by atoms with Gasteiger partial charge in [-0.2, -0.15) is 0 Å². The molecule has 1 aromatic carbocycles. The number of benzene rings is 1. The van der Waals surface area contributed by atoms with Gasteiger partial charge in [-0.25, -0.2) is 0 Å². The van der Waals surface area contributed by atoms with Gasteiger partial charge in [0, 0.05) is 98.5 Å². The van der Waals surface area contributed by atoms with Gasteiger partial charge in [0.25, 0.3) is 5.91 Å². The molecule has 1 aromatic heterocycles. The molecule has 5 heterocycles. The molecule has 0 saturated carbocycles. The molecule has 1 unspecified atom stereocenters. The number of nitrogens with one attached hydrogen (secondary N) is 6. The summed E-state index contributed by atoms with van der Waals surface area (Å²) in [6.45, 7) is 21.0. The van der Waals surface area contributed by atoms with E-state index in [-0.39, 0.29) is 69.7 Å². The number of carbonyl (C=O) groups is 6. The maximum Gasteiger partial charge on any atom is 0.251 e. The van der Waals surface area contributed by atoms with Crippen LogP contribution in [0.5, 0.6) is 5.75 Å². The third kappa shape index (κ3) is 39.8. The maximum absolute atomic E-state index is 11.2. The van der Waals surface area contributed by atoms with E-state index in [0.717, 1.165) is 103 Å². The van der Waals surface area contributed by atoms with Gasteiger partial charge in [0.15, 0.2) is 0 Å². The summed E-state index contributed by atoms with van der Waals surface area (Å²) in [5.41, 5.74) is 0.653. The van der Waals surface area contributed by atoms with Crippen molar-refractivity contribution in [2.75, 3.05) is 121 Å². The third-order valence-electron chi connectivity index (χ3n) is 12.9. The molecule has 0 aliphatic carbocycles. The normalized spacial score (nSPS) is 15.8. The number of likely N-dealkylation sites (N-methyl/N-ethyl adjacent to an activating group) is 2. The van der Waals surface area contributed by atoms with E-state index >= 15 is 0 Å². The SMILES string of the molecule is C.C.C.CCCC(=O)NC.CCCCOc1ccc(C(=O)NC)cc1.CCN1CCC(C(=O)NC)CC1.CCN1CCCC1C(=O)NC.CNC(=O)CCN1CCCC1.CNC(=O)CCN1CCCCC1.c1ccncc1. The molecule has 0 spiro atoms. The first-order chi connectivity index (χ1) is 35.8. The number of likely N-dealkylation sites (tertiary alicyclic amines) is 4. The highest BCUT2D eigenvalue weighted by atomic mass is 16.5. The Bertz CT molecular complexity index is 1700. The molecule has 6 N–H and O–H groups in total. The van der Waals surface area contributed by atoms with Crippen LogP contribution in [0.25, 0.3) is 0 Å². The molecule has 446 valence electrons. The van der Waals surface area contributed by atoms with E-state index in [1.54, 1.807) is 66.8 Å². The lowest BCUT2D eigenvalue weighted by Gasteiger charge is -2.29. The Balaban J connectivity index is -0.000000407. The average molecular weight is 1090 g/mol. The third-order valence-corrected chi connectivity index (χ3v) is 12.9. The minimum atomic E-state index is -0.0740. The highest BCUT2D eigenvalue weighted by Gasteiger charge is 2.28. The van der Waals surface area contributed by atoms with Gasteiger partial charge < -0.3 is 51.3 Å². The lowest BCUT2D eigenvalue weighted by molar-refractivity contribution is -0.126. The Kier molecular flexibility index (Phi) is 53.8. The van der Waals surface area contributed by atoms with Crippen LogP contribution in [0.3, 0.4) is 0 Å². The molecule has 0 bridgehead atoms. The second kappa shape index (κ2) is 52.9. The van der Waals surface area contributed by atoms with Gasteiger partial charge in [-0.3, -0.25) is 38.7 Å². The quantitative estimate of drug-likeness (QED) is 0.0866. The van der Waals surface area contributed by atoms with E-state index in [2.05, 4.69) is 77.3 Å². The Morgan fingerprint density at radius 1 is 0.519 bits per heavy atom. The Morgan fingerprint density at radius 3 is 1.39 bits per heavy atom. The summed E-state index contributed by atoms with van der Waals surface area (Å²) in [5.74, 6) is 1.82. The van der Waals surface area contributed by atoms with Crippen molar-refractivity contribution in [1.29, 1.82) is 0 Å². The molecule has 18 nitrogen and oxygen atoms in total. The standard InChI is InChI=1S/C12H17NO2.2C9H18N2O.2C8H16N2O.C5H11NO.C5H5N.3CH4/c1-3-4-9-15-11-7-5-10(6-8-11)12(14)13-2;1-10-9(12)5-8-11-6-3-2-4-7-11;1-3-11-6-4-8(5-7-11)9(12)10-2;1-9-8(11)4-7-10-5-2-3-6-10;1-3-10-6-4-5-7(10)8(11)9-2;1-3-4-5(7)6-2;1-2-4-6-5-3-1;;;/h5-8H,3-4,9H2,1-2H3,(H,13,14);2-8H2,1H3,(H,10,12);8H,3-7H2,1-2H3,(H,10,12);2-7H2,1H3,(H,9,11);7H,3-6H2,1-2H3,(H,9,11);3-4H2,1-2H3,(H,6,7);1-5H;3*1H4. The van der Waals surface area contributed by atoms with Crippen molar-refractivity contribution in [3.05, 3.63) is 60.4 Å². The fourth-order valence-electron chi connectivity index (χ4n) is 8.19. The molecule has 4 fully saturated rings. The number of pyridine rings is 1. The van der Waals surface area contributed by atoms with Crippen LogP contribution in [0.4, 0.5) is 0 Å². The molecule has 4 aliphatic rings. The smallest absolute Gasteiger partial charge is 0.251 e. The van der Waals surface area contributed by atoms with Gasteiger partial charge in [-0.15, -0.1) is 0 Å². The van der Waals surface area contributed by atoms with Crippen LogP contribution >= 0.6 is 0 Å². The van der Waals surface area contributed by atoms with Crippen LogP contribution in [0.2, 0.25) is 0 Å². The summed E-state index contributed by atoms with van der Waals surface area (Å²) in [4.78, 5) is 78.9. The number of ether oxygens (including phenoxy) is 1. The van der Waals surface area contributed by atoms with E-state index in [9.17, 15) is 28.8 Å². The molecule has 4 saturated heterocycles. The zero-order valence-corrected chi connectivity index (χ0v) is 47.5. The van der Waals surface area contributed by atoms with Crippen molar-refractivity contribution in [2.45, 2.75) is 152 Å². The Labute approximate surface area is 469 Å². The van der Waals surface area contributed by atoms with Gasteiger partial charge >= 0.3 is 0 Å². The van der Waals surface area contributed by atoms with E-state index in [1.807, 2.05) is 37.3 Å². The summed E-state index contributed by atoms with van der Waals surface area (Å²) >= 11 is 0. The fraction of sp³-hybridized carbons (Fsp3) is 0.712. The monoisotopic (exact) mass is 1090 g/mol. The zero-order valence-electron chi connectivity index (χ0n) is 47.5. The average Bonchev–Trinajstić information content (AvgIpc) is 4.19. The van der Waals surface area contributed by atoms with Gasteiger partial charge in [-0.05, 0) is 160 Å². The van der Waals surface area contributed by atoms with Crippen molar-refractivity contribution in [3.8, 4) is 5.75 Å². The molecule has 0 radical (unpaired) electrons. The Morgan fingerprint density at radius 2 is 1.01 bits per heavy atom. The molecule has 18 heteroatoms. The van der Waals surface area contributed by atoms with Crippen LogP contribution in [0, 0.1) is 5.92 Å². The topological polar surface area (TPSA) is 210 Å². The summed E-state index contributed by atoms with van der Waals surface area (Å²) in [6, 6.07) is 13.0. The summed E-state index contributed by atoms with van der Waals surface area (Å²) in [5, 5.41) is 15.8. The van der Waals surface area contributed by atoms with Crippen molar-refractivity contribution in [3.63, 3.8) is 0 Å². The zero-order chi connectivity index (χ0) is 55.2. The molecule has 1 atom stereocenters. The second-order valence-electron chi connectivity index (χ2n) is 18.3. The highest BCUT2D eigenvalue weighted by molar-refractivity contribution is 5.94. The molecular formula is C59H113N11O7. The predicted molar refractivity (Wildman–Crippen MR) is 320 cm³/mol. The lowest BCUT2D eigenvalue weighted by Crippen LogP contribution is -2.41. The first kappa shape index (κ1) is 78.3. The van der Waals surface area contributed by atoms with Gasteiger partial charge in [-0.1, -0.05) is 68.9 Å². The minimum Gasteiger partial charge on any atom is -0.494 e. The number of nitrogens with zero attached hydrogens (tertiary/aromatic N) is 5. The molecule has 6 amide bonds. The van der Waals surface area contributed by atoms with E-state index in [1.165, 1.54) is 58.3 Å². The fourth-order valence-corrected chi connectivity index (χ4v) is 8.19. The van der Waals surface area contributed by atoms with Crippen molar-refractivity contribution in [1.82, 2.24) is 56.5 Å². The van der Waals surface area contributed by atoms with Crippen molar-refractivity contribution < 1.29 is 33.5 Å². The van der Waals surface area contributed by atoms with Gasteiger partial charge in [0.05, 0.1) is 12.6 Å². The molecule has 77 heavy (non-hydrogen) atoms. The van der Waals surface area contributed by atoms with Gasteiger partial charge in [0.2, 0.25) is 29.5 Å². The van der Waals surface area contributed by atoms with Gasteiger partial charge in [0.1, 0.15) is 5.75 Å². The largest absolute Gasteiger partial charge is 0.494 e. The van der Waals surface area contributed by atoms with E-state index in [0.29, 0.717) is 24.8 Å². The second-order valence-corrected chi connectivity index (χ2v) is 18.3. The first-order valence-corrected chi connectivity index (χ1v) is 27.6. The van der Waals surface area contributed by atoms with Crippen LogP contribution in [0.1, 0.15) is 157 Å². The van der Waals surface area contributed by atoms with Crippen LogP contribution in [-0.2, 0) is 24.0 Å². The summed E-state index contributed by atoms with van der Waals surface area (Å²) in [7, 11) is 10.1. The number of unbranched alkanes of at least 4 members (excludes halogenated alkanes) is 1. The molecule has 4 aliphatic heterocycles. The predicted octanol–water partition coefficient (Wildman–Crippen LogP) is 7.26. The number of hydrogen-bond acceptors (Lipinski definition) is 12. The van der Waals surface area contributed by atoms with Crippen molar-refractivity contribution in [2.24, 2.45) is 5.92 Å². The summed E-state index contributed by atoms with van der Waals surface area (Å²) < 4.78 is 5.48. The first-order valence-electron chi connectivity index (χ1n) is 27.6. The number of carbonyl (C=O) groups excluding carboxylic acids is 6. The summed E-state index contributed by atoms with van der Waals surface area (Å²) in [6.07, 6.45) is 19.3. The number of hydrogen-bond donors (Lipinski definition) is 6.